The number of aromatic nitrogens is 2. The first kappa shape index (κ1) is 12.6. The van der Waals surface area contributed by atoms with E-state index in [0.717, 1.165) is 31.7 Å². The molecular weight excluding hydrogens is 224 g/mol. The summed E-state index contributed by atoms with van der Waals surface area (Å²) in [5.74, 6) is 0. The molecule has 1 aromatic heterocycles. The SMILES string of the molecule is C[n+]1ccn(CCNCCc2ccc(N)cc2)c1. The number of imidazole rings is 1. The van der Waals surface area contributed by atoms with Crippen LogP contribution in [0.1, 0.15) is 5.56 Å². The predicted molar refractivity (Wildman–Crippen MR) is 73.0 cm³/mol. The van der Waals surface area contributed by atoms with Gasteiger partial charge in [-0.2, -0.15) is 0 Å². The van der Waals surface area contributed by atoms with E-state index in [1.165, 1.54) is 5.56 Å². The van der Waals surface area contributed by atoms with Crippen LogP contribution in [0.25, 0.3) is 0 Å². The Morgan fingerprint density at radius 2 is 2.00 bits per heavy atom. The number of hydrogen-bond donors (Lipinski definition) is 2. The van der Waals surface area contributed by atoms with Gasteiger partial charge in [0.05, 0.1) is 7.05 Å². The van der Waals surface area contributed by atoms with E-state index in [0.29, 0.717) is 0 Å². The lowest BCUT2D eigenvalue weighted by Gasteiger charge is -2.04. The zero-order valence-electron chi connectivity index (χ0n) is 10.8. The molecule has 0 bridgehead atoms. The lowest BCUT2D eigenvalue weighted by atomic mass is 10.1. The third-order valence-electron chi connectivity index (χ3n) is 2.94. The van der Waals surface area contributed by atoms with Crippen molar-refractivity contribution in [1.29, 1.82) is 0 Å². The van der Waals surface area contributed by atoms with Gasteiger partial charge in [0.2, 0.25) is 6.33 Å². The molecule has 0 atom stereocenters. The predicted octanol–water partition coefficient (Wildman–Crippen LogP) is 0.727. The first-order valence-corrected chi connectivity index (χ1v) is 6.30. The summed E-state index contributed by atoms with van der Waals surface area (Å²) >= 11 is 0. The summed E-state index contributed by atoms with van der Waals surface area (Å²) in [6.07, 6.45) is 7.26. The largest absolute Gasteiger partial charge is 0.399 e. The number of nitrogens with one attached hydrogen (secondary N) is 1. The van der Waals surface area contributed by atoms with Crippen LogP contribution < -0.4 is 15.6 Å². The van der Waals surface area contributed by atoms with Crippen molar-refractivity contribution in [1.82, 2.24) is 9.88 Å². The molecule has 0 radical (unpaired) electrons. The quantitative estimate of drug-likeness (QED) is 0.448. The molecule has 1 aromatic carbocycles. The fourth-order valence-corrected chi connectivity index (χ4v) is 1.88. The highest BCUT2D eigenvalue weighted by Crippen LogP contribution is 2.05. The maximum Gasteiger partial charge on any atom is 0.243 e. The molecule has 18 heavy (non-hydrogen) atoms. The Balaban J connectivity index is 1.63. The number of aryl methyl sites for hydroxylation is 1. The van der Waals surface area contributed by atoms with Crippen LogP contribution in [0.2, 0.25) is 0 Å². The fraction of sp³-hybridized carbons (Fsp3) is 0.357. The molecule has 0 saturated carbocycles. The van der Waals surface area contributed by atoms with Gasteiger partial charge in [-0.15, -0.1) is 0 Å². The molecule has 0 aliphatic rings. The standard InChI is InChI=1S/C14H21N4/c1-17-10-11-18(12-17)9-8-16-7-6-13-2-4-14(15)5-3-13/h2-5,10-12,16H,6-9,15H2,1H3/q+1. The van der Waals surface area contributed by atoms with Crippen LogP contribution in [0.15, 0.2) is 43.0 Å². The Labute approximate surface area is 108 Å². The van der Waals surface area contributed by atoms with E-state index in [9.17, 15) is 0 Å². The minimum Gasteiger partial charge on any atom is -0.399 e. The molecule has 0 aliphatic heterocycles. The Kier molecular flexibility index (Phi) is 4.36. The van der Waals surface area contributed by atoms with Crippen LogP contribution in [0.4, 0.5) is 5.69 Å². The van der Waals surface area contributed by atoms with E-state index >= 15 is 0 Å². The van der Waals surface area contributed by atoms with Crippen LogP contribution in [0.3, 0.4) is 0 Å². The minimum atomic E-state index is 0.826. The van der Waals surface area contributed by atoms with Crippen LogP contribution in [0.5, 0.6) is 0 Å². The number of anilines is 1. The number of rotatable bonds is 6. The molecule has 4 nitrogen and oxygen atoms in total. The lowest BCUT2D eigenvalue weighted by molar-refractivity contribution is -0.671. The molecule has 2 rings (SSSR count). The smallest absolute Gasteiger partial charge is 0.243 e. The summed E-state index contributed by atoms with van der Waals surface area (Å²) in [5.41, 5.74) is 7.80. The molecule has 96 valence electrons. The lowest BCUT2D eigenvalue weighted by Crippen LogP contribution is -2.25. The van der Waals surface area contributed by atoms with E-state index in [1.807, 2.05) is 29.9 Å². The van der Waals surface area contributed by atoms with Gasteiger partial charge in [0.25, 0.3) is 0 Å². The van der Waals surface area contributed by atoms with Crippen LogP contribution >= 0.6 is 0 Å². The summed E-state index contributed by atoms with van der Waals surface area (Å²) in [5, 5.41) is 3.44. The topological polar surface area (TPSA) is 46.9 Å². The highest BCUT2D eigenvalue weighted by Gasteiger charge is 1.98. The Morgan fingerprint density at radius 1 is 1.22 bits per heavy atom. The Hall–Kier alpha value is -1.81. The molecule has 0 saturated heterocycles. The highest BCUT2D eigenvalue weighted by molar-refractivity contribution is 5.39. The van der Waals surface area contributed by atoms with Crippen molar-refractivity contribution in [3.8, 4) is 0 Å². The average molecular weight is 245 g/mol. The number of hydrogen-bond acceptors (Lipinski definition) is 2. The minimum absolute atomic E-state index is 0.826. The summed E-state index contributed by atoms with van der Waals surface area (Å²) in [7, 11) is 2.03. The summed E-state index contributed by atoms with van der Waals surface area (Å²) in [4.78, 5) is 0. The molecular formula is C14H21N4+. The maximum absolute atomic E-state index is 5.65. The second-order valence-corrected chi connectivity index (χ2v) is 4.56. The molecule has 0 unspecified atom stereocenters. The number of nitrogen functional groups attached to an aromatic ring is 1. The van der Waals surface area contributed by atoms with Gasteiger partial charge in [-0.05, 0) is 30.7 Å². The van der Waals surface area contributed by atoms with Gasteiger partial charge in [0.15, 0.2) is 0 Å². The molecule has 0 amide bonds. The van der Waals surface area contributed by atoms with Gasteiger partial charge in [0.1, 0.15) is 18.9 Å². The van der Waals surface area contributed by atoms with Crippen molar-refractivity contribution in [2.24, 2.45) is 7.05 Å². The van der Waals surface area contributed by atoms with E-state index in [1.54, 1.807) is 0 Å². The molecule has 0 fully saturated rings. The van der Waals surface area contributed by atoms with E-state index in [4.69, 9.17) is 5.73 Å². The molecule has 0 spiro atoms. The van der Waals surface area contributed by atoms with Gasteiger partial charge in [-0.25, -0.2) is 9.13 Å². The normalized spacial score (nSPS) is 10.7. The zero-order valence-corrected chi connectivity index (χ0v) is 10.8. The van der Waals surface area contributed by atoms with Gasteiger partial charge < -0.3 is 11.1 Å². The molecule has 2 aromatic rings. The van der Waals surface area contributed by atoms with Gasteiger partial charge >= 0.3 is 0 Å². The summed E-state index contributed by atoms with van der Waals surface area (Å²) in [6, 6.07) is 8.08. The number of nitrogens with zero attached hydrogens (tertiary/aromatic N) is 2. The third-order valence-corrected chi connectivity index (χ3v) is 2.94. The average Bonchev–Trinajstić information content (AvgIpc) is 2.77. The molecule has 1 heterocycles. The monoisotopic (exact) mass is 245 g/mol. The summed E-state index contributed by atoms with van der Waals surface area (Å²) < 4.78 is 4.23. The van der Waals surface area contributed by atoms with Gasteiger partial charge in [-0.1, -0.05) is 12.1 Å². The Bertz CT molecular complexity index is 473. The van der Waals surface area contributed by atoms with E-state index in [-0.39, 0.29) is 0 Å². The molecule has 4 heteroatoms. The van der Waals surface area contributed by atoms with Crippen molar-refractivity contribution < 1.29 is 4.57 Å². The highest BCUT2D eigenvalue weighted by atomic mass is 15.1. The van der Waals surface area contributed by atoms with Crippen LogP contribution in [-0.4, -0.2) is 17.7 Å². The number of benzene rings is 1. The zero-order chi connectivity index (χ0) is 12.8. The van der Waals surface area contributed by atoms with Gasteiger partial charge in [0, 0.05) is 12.2 Å². The van der Waals surface area contributed by atoms with E-state index in [2.05, 4.69) is 34.5 Å². The first-order chi connectivity index (χ1) is 8.74. The fourth-order valence-electron chi connectivity index (χ4n) is 1.88. The number of nitrogens with two attached hydrogens (primary N) is 1. The van der Waals surface area contributed by atoms with Crippen LogP contribution in [0, 0.1) is 0 Å². The second kappa shape index (κ2) is 6.21. The first-order valence-electron chi connectivity index (χ1n) is 6.30. The van der Waals surface area contributed by atoms with Crippen molar-refractivity contribution in [3.05, 3.63) is 48.5 Å². The third kappa shape index (κ3) is 3.89. The van der Waals surface area contributed by atoms with Crippen LogP contribution in [-0.2, 0) is 20.0 Å². The van der Waals surface area contributed by atoms with Crippen molar-refractivity contribution in [2.75, 3.05) is 18.8 Å². The summed E-state index contributed by atoms with van der Waals surface area (Å²) in [6.45, 7) is 2.99. The van der Waals surface area contributed by atoms with Crippen molar-refractivity contribution in [2.45, 2.75) is 13.0 Å². The Morgan fingerprint density at radius 3 is 2.67 bits per heavy atom. The second-order valence-electron chi connectivity index (χ2n) is 4.56. The van der Waals surface area contributed by atoms with Crippen molar-refractivity contribution in [3.63, 3.8) is 0 Å². The molecule has 0 aliphatic carbocycles. The van der Waals surface area contributed by atoms with E-state index < -0.39 is 0 Å². The van der Waals surface area contributed by atoms with Crippen molar-refractivity contribution >= 4 is 5.69 Å². The van der Waals surface area contributed by atoms with Gasteiger partial charge in [-0.3, -0.25) is 0 Å². The molecule has 3 N–H and O–H groups in total. The maximum atomic E-state index is 5.65.